The van der Waals surface area contributed by atoms with E-state index < -0.39 is 5.60 Å². The van der Waals surface area contributed by atoms with Crippen molar-refractivity contribution >= 4 is 5.78 Å². The van der Waals surface area contributed by atoms with Crippen molar-refractivity contribution in [3.63, 3.8) is 0 Å². The lowest BCUT2D eigenvalue weighted by molar-refractivity contribution is -0.135. The molecule has 16 heavy (non-hydrogen) atoms. The van der Waals surface area contributed by atoms with E-state index in [0.29, 0.717) is 17.6 Å². The maximum Gasteiger partial charge on any atom is 0.146 e. The Bertz CT molecular complexity index is 422. The van der Waals surface area contributed by atoms with Crippen LogP contribution in [0.1, 0.15) is 19.3 Å². The molecule has 0 aromatic carbocycles. The van der Waals surface area contributed by atoms with Gasteiger partial charge >= 0.3 is 0 Å². The average Bonchev–Trinajstić information content (AvgIpc) is 2.92. The summed E-state index contributed by atoms with van der Waals surface area (Å²) < 4.78 is 0. The number of allylic oxidation sites excluding steroid dienone is 3. The number of carbonyl (C=O) groups excluding carboxylic acids is 1. The first-order valence-corrected chi connectivity index (χ1v) is 6.31. The predicted molar refractivity (Wildman–Crippen MR) is 59.5 cm³/mol. The molecule has 2 fully saturated rings. The molecule has 4 aliphatic carbocycles. The van der Waals surface area contributed by atoms with Crippen LogP contribution in [0.25, 0.3) is 0 Å². The fourth-order valence-electron chi connectivity index (χ4n) is 4.47. The second kappa shape index (κ2) is 2.67. The Morgan fingerprint density at radius 2 is 2.06 bits per heavy atom. The normalized spacial score (nSPS) is 56.8. The first-order valence-electron chi connectivity index (χ1n) is 6.31. The molecule has 2 nitrogen and oxygen atoms in total. The molecule has 0 aromatic heterocycles. The maximum absolute atomic E-state index is 12.2. The number of Topliss-reactive ketones (excluding diaryl/α,β-unsaturated/α-hetero) is 1. The van der Waals surface area contributed by atoms with Crippen LogP contribution in [0.5, 0.6) is 0 Å². The molecule has 84 valence electrons. The van der Waals surface area contributed by atoms with Gasteiger partial charge in [0.2, 0.25) is 0 Å². The van der Waals surface area contributed by atoms with Crippen LogP contribution in [0.4, 0.5) is 0 Å². The molecule has 0 spiro atoms. The van der Waals surface area contributed by atoms with E-state index in [9.17, 15) is 9.90 Å². The Balaban J connectivity index is 1.74. The molecule has 1 N–H and O–H groups in total. The average molecular weight is 216 g/mol. The third-order valence-corrected chi connectivity index (χ3v) is 5.16. The van der Waals surface area contributed by atoms with Gasteiger partial charge in [-0.05, 0) is 31.1 Å². The Morgan fingerprint density at radius 3 is 2.62 bits per heavy atom. The molecule has 6 atom stereocenters. The SMILES string of the molecule is O=C1[C@H]2C=C[C@@H](C2)[C@H]1[C@]1(O)C[C@H]2C=C[C@H]1C2. The Morgan fingerprint density at radius 1 is 1.19 bits per heavy atom. The highest BCUT2D eigenvalue weighted by Gasteiger charge is 2.60. The second-order valence-electron chi connectivity index (χ2n) is 5.95. The summed E-state index contributed by atoms with van der Waals surface area (Å²) >= 11 is 0. The van der Waals surface area contributed by atoms with Gasteiger partial charge in [0.25, 0.3) is 0 Å². The number of fused-ring (bicyclic) bond motifs is 4. The third-order valence-electron chi connectivity index (χ3n) is 5.16. The molecule has 2 heteroatoms. The zero-order valence-corrected chi connectivity index (χ0v) is 9.17. The summed E-state index contributed by atoms with van der Waals surface area (Å²) in [5, 5.41) is 10.9. The van der Waals surface area contributed by atoms with Crippen LogP contribution < -0.4 is 0 Å². The molecule has 0 saturated heterocycles. The summed E-state index contributed by atoms with van der Waals surface area (Å²) in [6.07, 6.45) is 11.4. The van der Waals surface area contributed by atoms with Crippen molar-refractivity contribution in [3.05, 3.63) is 24.3 Å². The lowest BCUT2D eigenvalue weighted by Crippen LogP contribution is -2.47. The lowest BCUT2D eigenvalue weighted by Gasteiger charge is -2.38. The van der Waals surface area contributed by atoms with E-state index in [1.54, 1.807) is 0 Å². The largest absolute Gasteiger partial charge is 0.388 e. The minimum atomic E-state index is -0.722. The van der Waals surface area contributed by atoms with E-state index in [-0.39, 0.29) is 17.8 Å². The van der Waals surface area contributed by atoms with Crippen molar-refractivity contribution in [1.29, 1.82) is 0 Å². The number of aliphatic hydroxyl groups is 1. The predicted octanol–water partition coefficient (Wildman–Crippen LogP) is 1.70. The second-order valence-corrected chi connectivity index (χ2v) is 5.95. The van der Waals surface area contributed by atoms with Crippen LogP contribution in [-0.4, -0.2) is 16.5 Å². The first kappa shape index (κ1) is 9.17. The van der Waals surface area contributed by atoms with E-state index in [1.165, 1.54) is 0 Å². The summed E-state index contributed by atoms with van der Waals surface area (Å²) in [6.45, 7) is 0. The standard InChI is InChI=1S/C14H16O2/c15-13-10-3-2-9(6-10)12(13)14(16)7-8-1-4-11(14)5-8/h1-4,8-12,16H,5-7H2/t8-,9-,10-,11-,12+,14-/m0/s1. The summed E-state index contributed by atoms with van der Waals surface area (Å²) in [7, 11) is 0. The van der Waals surface area contributed by atoms with Gasteiger partial charge in [-0.25, -0.2) is 0 Å². The Kier molecular flexibility index (Phi) is 1.53. The number of ketones is 1. The number of hydrogen-bond donors (Lipinski definition) is 1. The Labute approximate surface area is 95.0 Å². The first-order chi connectivity index (χ1) is 7.68. The van der Waals surface area contributed by atoms with Crippen molar-refractivity contribution in [3.8, 4) is 0 Å². The van der Waals surface area contributed by atoms with Crippen molar-refractivity contribution in [2.24, 2.45) is 29.6 Å². The summed E-state index contributed by atoms with van der Waals surface area (Å²) in [6, 6.07) is 0. The topological polar surface area (TPSA) is 37.3 Å². The highest BCUT2D eigenvalue weighted by Crippen LogP contribution is 2.56. The van der Waals surface area contributed by atoms with Crippen molar-refractivity contribution in [2.75, 3.05) is 0 Å². The molecule has 0 aromatic rings. The van der Waals surface area contributed by atoms with E-state index >= 15 is 0 Å². The number of carbonyl (C=O) groups is 1. The molecule has 0 unspecified atom stereocenters. The van der Waals surface area contributed by atoms with Gasteiger partial charge in [0.1, 0.15) is 5.78 Å². The quantitative estimate of drug-likeness (QED) is 0.677. The van der Waals surface area contributed by atoms with E-state index in [0.717, 1.165) is 19.3 Å². The van der Waals surface area contributed by atoms with Gasteiger partial charge in [-0.3, -0.25) is 4.79 Å². The summed E-state index contributed by atoms with van der Waals surface area (Å²) in [5.41, 5.74) is -0.722. The molecule has 0 aliphatic heterocycles. The van der Waals surface area contributed by atoms with Crippen LogP contribution in [0.3, 0.4) is 0 Å². The monoisotopic (exact) mass is 216 g/mol. The minimum absolute atomic E-state index is 0.109. The van der Waals surface area contributed by atoms with E-state index in [1.807, 2.05) is 6.08 Å². The molecule has 0 heterocycles. The van der Waals surface area contributed by atoms with Gasteiger partial charge in [0, 0.05) is 11.8 Å². The highest BCUT2D eigenvalue weighted by atomic mass is 16.3. The molecule has 4 rings (SSSR count). The third kappa shape index (κ3) is 0.904. The lowest BCUT2D eigenvalue weighted by atomic mass is 9.71. The van der Waals surface area contributed by atoms with Crippen LogP contribution >= 0.6 is 0 Å². The fraction of sp³-hybridized carbons (Fsp3) is 0.643. The fourth-order valence-corrected chi connectivity index (χ4v) is 4.47. The Hall–Kier alpha value is -0.890. The zero-order valence-electron chi connectivity index (χ0n) is 9.17. The highest BCUT2D eigenvalue weighted by molar-refractivity contribution is 5.90. The van der Waals surface area contributed by atoms with Gasteiger partial charge in [-0.2, -0.15) is 0 Å². The molecule has 4 bridgehead atoms. The number of hydrogen-bond acceptors (Lipinski definition) is 2. The van der Waals surface area contributed by atoms with Gasteiger partial charge in [0.05, 0.1) is 11.5 Å². The van der Waals surface area contributed by atoms with Crippen LogP contribution in [-0.2, 0) is 4.79 Å². The van der Waals surface area contributed by atoms with Gasteiger partial charge in [0.15, 0.2) is 0 Å². The molecule has 4 aliphatic rings. The van der Waals surface area contributed by atoms with Crippen LogP contribution in [0.2, 0.25) is 0 Å². The molecular formula is C14H16O2. The summed E-state index contributed by atoms with van der Waals surface area (Å²) in [5.74, 6) is 1.38. The molecule has 0 radical (unpaired) electrons. The summed E-state index contributed by atoms with van der Waals surface area (Å²) in [4.78, 5) is 12.2. The van der Waals surface area contributed by atoms with Crippen LogP contribution in [0, 0.1) is 29.6 Å². The molecule has 2 saturated carbocycles. The van der Waals surface area contributed by atoms with Gasteiger partial charge < -0.3 is 5.11 Å². The zero-order chi connectivity index (χ0) is 10.9. The van der Waals surface area contributed by atoms with E-state index in [2.05, 4.69) is 18.2 Å². The smallest absolute Gasteiger partial charge is 0.146 e. The maximum atomic E-state index is 12.2. The molecule has 0 amide bonds. The van der Waals surface area contributed by atoms with Gasteiger partial charge in [-0.1, -0.05) is 24.3 Å². The molecular weight excluding hydrogens is 200 g/mol. The van der Waals surface area contributed by atoms with E-state index in [4.69, 9.17) is 0 Å². The van der Waals surface area contributed by atoms with Crippen molar-refractivity contribution < 1.29 is 9.90 Å². The van der Waals surface area contributed by atoms with Crippen LogP contribution in [0.15, 0.2) is 24.3 Å². The number of rotatable bonds is 1. The van der Waals surface area contributed by atoms with Gasteiger partial charge in [-0.15, -0.1) is 0 Å². The van der Waals surface area contributed by atoms with Crippen molar-refractivity contribution in [1.82, 2.24) is 0 Å². The minimum Gasteiger partial charge on any atom is -0.388 e. The van der Waals surface area contributed by atoms with Crippen molar-refractivity contribution in [2.45, 2.75) is 24.9 Å².